The number of nitrogens with zero attached hydrogens (tertiary/aromatic N) is 1. The lowest BCUT2D eigenvalue weighted by molar-refractivity contribution is -0.118. The largest absolute Gasteiger partial charge is 0.491 e. The number of anilines is 1. The van der Waals surface area contributed by atoms with Crippen molar-refractivity contribution < 1.29 is 18.7 Å². The Kier molecular flexibility index (Phi) is 17.6. The average Bonchev–Trinajstić information content (AvgIpc) is 3.44. The fourth-order valence-electron chi connectivity index (χ4n) is 4.55. The maximum atomic E-state index is 14.5. The van der Waals surface area contributed by atoms with Gasteiger partial charge in [-0.3, -0.25) is 4.79 Å². The third-order valence-electron chi connectivity index (χ3n) is 6.73. The minimum absolute atomic E-state index is 0. The van der Waals surface area contributed by atoms with Crippen LogP contribution in [0.2, 0.25) is 0 Å². The molecule has 8 heteroatoms. The predicted molar refractivity (Wildman–Crippen MR) is 171 cm³/mol. The molecule has 0 unspecified atom stereocenters. The van der Waals surface area contributed by atoms with Gasteiger partial charge in [-0.1, -0.05) is 89.7 Å². The summed E-state index contributed by atoms with van der Waals surface area (Å²) in [6, 6.07) is 12.2. The second kappa shape index (κ2) is 20.7. The Morgan fingerprint density at radius 3 is 2.27 bits per heavy atom. The molecule has 1 N–H and O–H groups in total. The van der Waals surface area contributed by atoms with Crippen molar-refractivity contribution >= 4 is 40.3 Å². The van der Waals surface area contributed by atoms with Crippen LogP contribution in [0.5, 0.6) is 11.5 Å². The van der Waals surface area contributed by atoms with Gasteiger partial charge in [-0.15, -0.1) is 28.7 Å². The lowest BCUT2D eigenvalue weighted by Gasteiger charge is -2.15. The van der Waals surface area contributed by atoms with Crippen LogP contribution in [-0.2, 0) is 11.3 Å². The Morgan fingerprint density at radius 1 is 0.925 bits per heavy atom. The summed E-state index contributed by atoms with van der Waals surface area (Å²) < 4.78 is 25.6. The molecule has 0 bridgehead atoms. The predicted octanol–water partition coefficient (Wildman–Crippen LogP) is 9.48. The maximum Gasteiger partial charge on any atom is 0.262 e. The van der Waals surface area contributed by atoms with Gasteiger partial charge in [-0.05, 0) is 41.7 Å². The first-order chi connectivity index (χ1) is 19.1. The number of thioether (sulfide) groups is 1. The Labute approximate surface area is 255 Å². The topological polar surface area (TPSA) is 50.8 Å². The van der Waals surface area contributed by atoms with Crippen LogP contribution in [-0.4, -0.2) is 29.9 Å². The van der Waals surface area contributed by atoms with E-state index in [0.29, 0.717) is 18.0 Å². The van der Waals surface area contributed by atoms with Gasteiger partial charge >= 0.3 is 0 Å². The van der Waals surface area contributed by atoms with Crippen LogP contribution in [0.3, 0.4) is 0 Å². The van der Waals surface area contributed by atoms with E-state index in [4.69, 9.17) is 9.47 Å². The van der Waals surface area contributed by atoms with Crippen molar-refractivity contribution in [3.8, 4) is 11.5 Å². The van der Waals surface area contributed by atoms with E-state index in [1.165, 1.54) is 70.3 Å². The number of rotatable bonds is 20. The van der Waals surface area contributed by atoms with E-state index in [2.05, 4.69) is 28.7 Å². The number of ether oxygens (including phenoxy) is 2. The molecule has 0 saturated heterocycles. The zero-order chi connectivity index (χ0) is 27.5. The summed E-state index contributed by atoms with van der Waals surface area (Å²) in [5.74, 6) is 0.681. The van der Waals surface area contributed by atoms with Gasteiger partial charge in [0.1, 0.15) is 5.75 Å². The monoisotopic (exact) mass is 636 g/mol. The molecule has 0 fully saturated rings. The van der Waals surface area contributed by atoms with Gasteiger partial charge in [0, 0.05) is 24.5 Å². The highest BCUT2D eigenvalue weighted by atomic mass is 79.9. The van der Waals surface area contributed by atoms with Crippen molar-refractivity contribution in [2.75, 3.05) is 24.4 Å². The lowest BCUT2D eigenvalue weighted by Crippen LogP contribution is -2.20. The number of nitrogens with one attached hydrogen (secondary N) is 1. The number of halogens is 2. The molecule has 2 aromatic rings. The number of hydrogen-bond donors (Lipinski definition) is 1. The molecule has 3 rings (SSSR count). The van der Waals surface area contributed by atoms with Crippen molar-refractivity contribution in [1.82, 2.24) is 4.90 Å². The highest BCUT2D eigenvalue weighted by Gasteiger charge is 2.10. The standard InChI is InChI=1S/C32H45FN2O3S.BrH/c1-2-3-4-5-6-7-8-9-10-11-12-13-20-37-31-18-17-29(23-30(31)33)38-25-32(36)34-28-16-14-15-27(22-28)24-35-19-21-39-26-35;/h14-19,21-23H,2-13,20,24-26H2,1H3,(H,34,36);1H. The third kappa shape index (κ3) is 13.9. The van der Waals surface area contributed by atoms with Crippen molar-refractivity contribution in [1.29, 1.82) is 0 Å². The minimum Gasteiger partial charge on any atom is -0.491 e. The normalized spacial score (nSPS) is 12.3. The number of carbonyl (C=O) groups is 1. The zero-order valence-electron chi connectivity index (χ0n) is 23.9. The molecular formula is C32H46BrFN2O3S. The zero-order valence-corrected chi connectivity index (χ0v) is 26.4. The van der Waals surface area contributed by atoms with Crippen LogP contribution in [0.4, 0.5) is 10.1 Å². The van der Waals surface area contributed by atoms with Crippen molar-refractivity contribution in [2.45, 2.75) is 90.5 Å². The van der Waals surface area contributed by atoms with Gasteiger partial charge in [0.25, 0.3) is 5.91 Å². The molecule has 5 nitrogen and oxygen atoms in total. The van der Waals surface area contributed by atoms with Crippen LogP contribution in [0.15, 0.2) is 54.1 Å². The van der Waals surface area contributed by atoms with Gasteiger partial charge in [0.15, 0.2) is 18.2 Å². The molecule has 40 heavy (non-hydrogen) atoms. The summed E-state index contributed by atoms with van der Waals surface area (Å²) >= 11 is 1.76. The number of benzene rings is 2. The second-order valence-corrected chi connectivity index (χ2v) is 11.1. The number of unbranched alkanes of at least 4 members (excludes halogenated alkanes) is 11. The van der Waals surface area contributed by atoms with Crippen molar-refractivity contribution in [2.24, 2.45) is 0 Å². The quantitative estimate of drug-likeness (QED) is 0.147. The number of amides is 1. The molecule has 2 aromatic carbocycles. The van der Waals surface area contributed by atoms with Gasteiger partial charge < -0.3 is 19.7 Å². The van der Waals surface area contributed by atoms with E-state index < -0.39 is 5.82 Å². The van der Waals surface area contributed by atoms with E-state index in [1.807, 2.05) is 24.3 Å². The van der Waals surface area contributed by atoms with Gasteiger partial charge in [0.05, 0.1) is 12.5 Å². The van der Waals surface area contributed by atoms with Crippen LogP contribution >= 0.6 is 28.7 Å². The molecule has 0 radical (unpaired) electrons. The first kappa shape index (κ1) is 34.0. The number of carbonyl (C=O) groups excluding carboxylic acids is 1. The van der Waals surface area contributed by atoms with E-state index in [9.17, 15) is 9.18 Å². The molecule has 0 saturated carbocycles. The smallest absolute Gasteiger partial charge is 0.262 e. The summed E-state index contributed by atoms with van der Waals surface area (Å²) in [5.41, 5.74) is 1.83. The molecule has 222 valence electrons. The Bertz CT molecular complexity index is 1020. The van der Waals surface area contributed by atoms with Crippen LogP contribution in [0.25, 0.3) is 0 Å². The van der Waals surface area contributed by atoms with Gasteiger partial charge in [-0.25, -0.2) is 4.39 Å². The highest BCUT2D eigenvalue weighted by molar-refractivity contribution is 8.93. The fourth-order valence-corrected chi connectivity index (χ4v) is 5.26. The third-order valence-corrected chi connectivity index (χ3v) is 7.53. The summed E-state index contributed by atoms with van der Waals surface area (Å²) in [4.78, 5) is 14.6. The molecule has 1 aliphatic heterocycles. The van der Waals surface area contributed by atoms with E-state index >= 15 is 0 Å². The Balaban J connectivity index is 0.00000560. The molecular weight excluding hydrogens is 591 g/mol. The molecule has 1 heterocycles. The van der Waals surface area contributed by atoms with Crippen LogP contribution in [0.1, 0.15) is 89.5 Å². The maximum absolute atomic E-state index is 14.5. The molecule has 0 aromatic heterocycles. The molecule has 0 spiro atoms. The molecule has 0 atom stereocenters. The first-order valence-electron chi connectivity index (χ1n) is 14.6. The van der Waals surface area contributed by atoms with Crippen LogP contribution in [0, 0.1) is 5.82 Å². The van der Waals surface area contributed by atoms with Crippen molar-refractivity contribution in [3.63, 3.8) is 0 Å². The Morgan fingerprint density at radius 2 is 1.62 bits per heavy atom. The summed E-state index contributed by atoms with van der Waals surface area (Å²) in [6.45, 7) is 3.35. The Hall–Kier alpha value is -2.19. The fraction of sp³-hybridized carbons (Fsp3) is 0.531. The molecule has 0 aliphatic carbocycles. The SMILES string of the molecule is Br.CCCCCCCCCCCCCCOc1ccc(OCC(=O)Nc2cccc(CN3C=CSC3)c2)cc1F. The van der Waals surface area contributed by atoms with Crippen LogP contribution < -0.4 is 14.8 Å². The molecule has 1 aliphatic rings. The first-order valence-corrected chi connectivity index (χ1v) is 15.6. The second-order valence-electron chi connectivity index (χ2n) is 10.2. The van der Waals surface area contributed by atoms with Gasteiger partial charge in [0.2, 0.25) is 0 Å². The van der Waals surface area contributed by atoms with E-state index in [0.717, 1.165) is 30.8 Å². The average molecular weight is 638 g/mol. The summed E-state index contributed by atoms with van der Waals surface area (Å²) in [5, 5.41) is 4.92. The summed E-state index contributed by atoms with van der Waals surface area (Å²) in [7, 11) is 0. The van der Waals surface area contributed by atoms with Gasteiger partial charge in [-0.2, -0.15) is 0 Å². The highest BCUT2D eigenvalue weighted by Crippen LogP contribution is 2.24. The van der Waals surface area contributed by atoms with E-state index in [1.54, 1.807) is 23.9 Å². The lowest BCUT2D eigenvalue weighted by atomic mass is 10.1. The number of hydrogen-bond acceptors (Lipinski definition) is 5. The summed E-state index contributed by atoms with van der Waals surface area (Å²) in [6.07, 6.45) is 17.4. The van der Waals surface area contributed by atoms with Crippen molar-refractivity contribution in [3.05, 3.63) is 65.5 Å². The van der Waals surface area contributed by atoms with E-state index in [-0.39, 0.29) is 35.2 Å². The molecule has 1 amide bonds. The minimum atomic E-state index is -0.478.